The summed E-state index contributed by atoms with van der Waals surface area (Å²) in [7, 11) is -2.25. The summed E-state index contributed by atoms with van der Waals surface area (Å²) in [4.78, 5) is 43.6. The number of carbonyl (C=O) groups is 3. The summed E-state index contributed by atoms with van der Waals surface area (Å²) >= 11 is 4.66. The molecule has 0 radical (unpaired) electrons. The number of ether oxygens (including phenoxy) is 1. The van der Waals surface area contributed by atoms with Gasteiger partial charge >= 0.3 is 6.09 Å². The maximum atomic E-state index is 12.4. The van der Waals surface area contributed by atoms with E-state index in [9.17, 15) is 22.8 Å². The number of thiazole rings is 1. The van der Waals surface area contributed by atoms with Crippen molar-refractivity contribution in [1.29, 1.82) is 0 Å². The largest absolute Gasteiger partial charge is 0.450 e. The van der Waals surface area contributed by atoms with Crippen molar-refractivity contribution >= 4 is 65.2 Å². The topological polar surface area (TPSA) is 118 Å². The molecule has 0 atom stereocenters. The van der Waals surface area contributed by atoms with Gasteiger partial charge in [0.1, 0.15) is 11.5 Å². The van der Waals surface area contributed by atoms with Crippen LogP contribution in [0, 0.1) is 0 Å². The highest BCUT2D eigenvalue weighted by atomic mass is 79.9. The summed E-state index contributed by atoms with van der Waals surface area (Å²) in [5, 5.41) is 0. The average Bonchev–Trinajstić information content (AvgIpc) is 3.01. The van der Waals surface area contributed by atoms with Gasteiger partial charge in [-0.3, -0.25) is 9.59 Å². The predicted molar refractivity (Wildman–Crippen MR) is 123 cm³/mol. The van der Waals surface area contributed by atoms with Crippen molar-refractivity contribution in [3.05, 3.63) is 27.5 Å². The summed E-state index contributed by atoms with van der Waals surface area (Å²) in [5.74, 6) is -3.05. The van der Waals surface area contributed by atoms with Gasteiger partial charge in [0.25, 0.3) is 5.91 Å². The van der Waals surface area contributed by atoms with E-state index in [-0.39, 0.29) is 32.8 Å². The average molecular weight is 547 g/mol. The van der Waals surface area contributed by atoms with Crippen molar-refractivity contribution in [2.24, 2.45) is 12.0 Å². The van der Waals surface area contributed by atoms with Crippen LogP contribution in [0.15, 0.2) is 27.7 Å². The molecular weight excluding hydrogens is 524 g/mol. The molecule has 0 unspecified atom stereocenters. The lowest BCUT2D eigenvalue weighted by Crippen LogP contribution is -2.52. The number of halogens is 1. The summed E-state index contributed by atoms with van der Waals surface area (Å²) in [5.41, 5.74) is 0.866. The summed E-state index contributed by atoms with van der Waals surface area (Å²) in [6, 6.07) is 5.63. The number of nitrogens with zero attached hydrogens (tertiary/aromatic N) is 4. The van der Waals surface area contributed by atoms with Gasteiger partial charge in [-0.15, -0.1) is 0 Å². The number of amides is 3. The Bertz CT molecular complexity index is 1210. The molecule has 0 saturated carbocycles. The molecule has 1 aliphatic heterocycles. The Morgan fingerprint density at radius 1 is 1.12 bits per heavy atom. The maximum Gasteiger partial charge on any atom is 0.409 e. The summed E-state index contributed by atoms with van der Waals surface area (Å²) in [6.07, 6.45) is -0.457. The molecule has 0 spiro atoms. The monoisotopic (exact) mass is 546 g/mol. The van der Waals surface area contributed by atoms with Crippen LogP contribution < -0.4 is 4.80 Å². The molecule has 1 aliphatic rings. The molecule has 10 nitrogen and oxygen atoms in total. The zero-order chi connectivity index (χ0) is 23.5. The number of rotatable bonds is 5. The fourth-order valence-electron chi connectivity index (χ4n) is 3.23. The summed E-state index contributed by atoms with van der Waals surface area (Å²) in [6.45, 7) is 2.90. The van der Waals surface area contributed by atoms with Gasteiger partial charge in [0.05, 0.1) is 16.8 Å². The van der Waals surface area contributed by atoms with Crippen LogP contribution in [-0.4, -0.2) is 85.0 Å². The van der Waals surface area contributed by atoms with Crippen molar-refractivity contribution in [3.63, 3.8) is 0 Å². The number of aryl methyl sites for hydroxylation is 1. The number of carbonyl (C=O) groups excluding carboxylic acids is 3. The van der Waals surface area contributed by atoms with E-state index >= 15 is 0 Å². The second-order valence-corrected chi connectivity index (χ2v) is 11.1. The van der Waals surface area contributed by atoms with Gasteiger partial charge in [0.15, 0.2) is 14.6 Å². The van der Waals surface area contributed by atoms with E-state index in [0.717, 1.165) is 14.7 Å². The molecule has 0 aliphatic carbocycles. The second-order valence-electron chi connectivity index (χ2n) is 7.16. The van der Waals surface area contributed by atoms with E-state index in [2.05, 4.69) is 20.9 Å². The fraction of sp³-hybridized carbons (Fsp3) is 0.474. The first-order chi connectivity index (χ1) is 15.1. The minimum Gasteiger partial charge on any atom is -0.450 e. The third-order valence-electron chi connectivity index (χ3n) is 4.84. The van der Waals surface area contributed by atoms with Crippen molar-refractivity contribution in [1.82, 2.24) is 14.4 Å². The van der Waals surface area contributed by atoms with Crippen LogP contribution >= 0.6 is 27.3 Å². The zero-order valence-electron chi connectivity index (χ0n) is 17.6. The smallest absolute Gasteiger partial charge is 0.409 e. The van der Waals surface area contributed by atoms with Crippen LogP contribution in [0.3, 0.4) is 0 Å². The highest BCUT2D eigenvalue weighted by Gasteiger charge is 2.28. The molecule has 3 amide bonds. The number of fused-ring (bicyclic) bond motifs is 1. The van der Waals surface area contributed by atoms with Crippen LogP contribution in [-0.2, 0) is 31.2 Å². The molecule has 3 rings (SSSR count). The lowest BCUT2D eigenvalue weighted by atomic mass is 10.3. The predicted octanol–water partition coefficient (Wildman–Crippen LogP) is 1.15. The molecule has 0 bridgehead atoms. The van der Waals surface area contributed by atoms with Crippen molar-refractivity contribution in [3.8, 4) is 0 Å². The lowest BCUT2D eigenvalue weighted by Gasteiger charge is -2.34. The number of hydrogen-bond acceptors (Lipinski definition) is 7. The lowest BCUT2D eigenvalue weighted by molar-refractivity contribution is -0.130. The Morgan fingerprint density at radius 3 is 2.44 bits per heavy atom. The first kappa shape index (κ1) is 24.4. The van der Waals surface area contributed by atoms with Gasteiger partial charge in [-0.25, -0.2) is 13.2 Å². The third-order valence-corrected chi connectivity index (χ3v) is 7.80. The quantitative estimate of drug-likeness (QED) is 0.554. The van der Waals surface area contributed by atoms with Gasteiger partial charge in [-0.1, -0.05) is 27.3 Å². The number of benzene rings is 1. The van der Waals surface area contributed by atoms with Gasteiger partial charge in [0.2, 0.25) is 5.91 Å². The molecule has 1 fully saturated rings. The Morgan fingerprint density at radius 2 is 1.78 bits per heavy atom. The molecule has 1 aromatic heterocycles. The molecule has 1 aromatic carbocycles. The fourth-order valence-corrected chi connectivity index (χ4v) is 5.91. The molecule has 0 N–H and O–H groups in total. The number of piperazine rings is 1. The molecular formula is C19H23BrN4O6S2. The van der Waals surface area contributed by atoms with Crippen LogP contribution in [0.2, 0.25) is 0 Å². The summed E-state index contributed by atoms with van der Waals surface area (Å²) < 4.78 is 33.3. The van der Waals surface area contributed by atoms with Gasteiger partial charge in [-0.2, -0.15) is 4.99 Å². The van der Waals surface area contributed by atoms with E-state index in [4.69, 9.17) is 4.74 Å². The Labute approximate surface area is 197 Å². The molecule has 13 heteroatoms. The molecule has 1 saturated heterocycles. The normalized spacial score (nSPS) is 15.3. The Kier molecular flexibility index (Phi) is 7.72. The van der Waals surface area contributed by atoms with Crippen LogP contribution in [0.5, 0.6) is 0 Å². The van der Waals surface area contributed by atoms with Crippen LogP contribution in [0.4, 0.5) is 4.79 Å². The van der Waals surface area contributed by atoms with Crippen molar-refractivity contribution in [2.45, 2.75) is 6.92 Å². The van der Waals surface area contributed by atoms with Crippen molar-refractivity contribution in [2.75, 3.05) is 44.3 Å². The minimum absolute atomic E-state index is 0.207. The molecule has 32 heavy (non-hydrogen) atoms. The number of hydrogen-bond donors (Lipinski definition) is 0. The number of aromatic nitrogens is 1. The molecule has 2 heterocycles. The first-order valence-corrected chi connectivity index (χ1v) is 13.2. The molecule has 2 aromatic rings. The van der Waals surface area contributed by atoms with Gasteiger partial charge in [0, 0.05) is 37.7 Å². The van der Waals surface area contributed by atoms with E-state index in [1.54, 1.807) is 18.5 Å². The third kappa shape index (κ3) is 5.95. The van der Waals surface area contributed by atoms with E-state index < -0.39 is 39.3 Å². The van der Waals surface area contributed by atoms with Crippen LogP contribution in [0.1, 0.15) is 6.92 Å². The Balaban J connectivity index is 1.61. The van der Waals surface area contributed by atoms with E-state index in [0.29, 0.717) is 4.80 Å². The van der Waals surface area contributed by atoms with E-state index in [1.165, 1.54) is 21.1 Å². The SMILES string of the molecule is CCOC(=O)N1CCN(C(=O)CS(=O)(=O)CC(=O)N=c2sc3cc(Br)ccc3n2C)CC1. The second kappa shape index (κ2) is 10.1. The standard InChI is InChI=1S/C19H23BrN4O6S2/c1-3-30-19(27)24-8-6-23(7-9-24)17(26)12-32(28,29)11-16(25)21-18-22(2)14-5-4-13(20)10-15(14)31-18/h4-5,10H,3,6-9,11-12H2,1-2H3. The first-order valence-electron chi connectivity index (χ1n) is 9.82. The highest BCUT2D eigenvalue weighted by molar-refractivity contribution is 9.10. The number of sulfone groups is 1. The van der Waals surface area contributed by atoms with E-state index in [1.807, 2.05) is 18.2 Å². The maximum absolute atomic E-state index is 12.4. The minimum atomic E-state index is -3.99. The van der Waals surface area contributed by atoms with Crippen molar-refractivity contribution < 1.29 is 27.5 Å². The zero-order valence-corrected chi connectivity index (χ0v) is 20.8. The van der Waals surface area contributed by atoms with Crippen LogP contribution in [0.25, 0.3) is 10.2 Å². The van der Waals surface area contributed by atoms with Gasteiger partial charge in [-0.05, 0) is 25.1 Å². The molecule has 174 valence electrons. The Hall–Kier alpha value is -2.25. The highest BCUT2D eigenvalue weighted by Crippen LogP contribution is 2.21. The van der Waals surface area contributed by atoms with Gasteiger partial charge < -0.3 is 19.1 Å².